The maximum atomic E-state index is 14.5. The second-order valence-electron chi connectivity index (χ2n) is 6.93. The van der Waals surface area contributed by atoms with Crippen LogP contribution in [0, 0.1) is 12.7 Å². The molecule has 2 atom stereocenters. The average molecular weight is 413 g/mol. The molecule has 2 aromatic carbocycles. The van der Waals surface area contributed by atoms with E-state index in [1.807, 2.05) is 19.1 Å². The summed E-state index contributed by atoms with van der Waals surface area (Å²) in [6.45, 7) is 5.27. The van der Waals surface area contributed by atoms with E-state index in [0.717, 1.165) is 15.8 Å². The molecule has 0 aliphatic carbocycles. The van der Waals surface area contributed by atoms with Crippen LogP contribution in [0.4, 0.5) is 4.39 Å². The van der Waals surface area contributed by atoms with Gasteiger partial charge >= 0.3 is 0 Å². The molecule has 4 rings (SSSR count). The van der Waals surface area contributed by atoms with E-state index in [1.165, 1.54) is 17.4 Å². The Morgan fingerprint density at radius 2 is 1.90 bits per heavy atom. The van der Waals surface area contributed by atoms with Gasteiger partial charge in [-0.3, -0.25) is 0 Å². The Morgan fingerprint density at radius 1 is 1.10 bits per heavy atom. The molecule has 4 aromatic rings. The second kappa shape index (κ2) is 7.53. The number of nitrogens with zero attached hydrogens (tertiary/aromatic N) is 3. The fourth-order valence-corrected chi connectivity index (χ4v) is 3.94. The van der Waals surface area contributed by atoms with Crippen LogP contribution in [0.1, 0.15) is 19.4 Å². The van der Waals surface area contributed by atoms with E-state index in [-0.39, 0.29) is 5.75 Å². The summed E-state index contributed by atoms with van der Waals surface area (Å²) in [7, 11) is 1.55. The maximum absolute atomic E-state index is 14.5. The van der Waals surface area contributed by atoms with Crippen LogP contribution in [-0.4, -0.2) is 39.4 Å². The summed E-state index contributed by atoms with van der Waals surface area (Å²) in [4.78, 5) is 13.6. The molecule has 0 amide bonds. The van der Waals surface area contributed by atoms with Crippen molar-refractivity contribution >= 4 is 32.6 Å². The lowest BCUT2D eigenvalue weighted by Gasteiger charge is -2.17. The summed E-state index contributed by atoms with van der Waals surface area (Å²) in [6.07, 6.45) is 0.328. The largest absolute Gasteiger partial charge is 0.485 e. The molecule has 0 aliphatic rings. The number of aromatic nitrogens is 3. The molecule has 150 valence electrons. The molecular weight excluding hydrogens is 393 g/mol. The zero-order chi connectivity index (χ0) is 20.7. The monoisotopic (exact) mass is 413 g/mol. The van der Waals surface area contributed by atoms with E-state index in [4.69, 9.17) is 9.47 Å². The lowest BCUT2D eigenvalue weighted by atomic mass is 10.1. The van der Waals surface area contributed by atoms with Crippen LogP contribution in [0.25, 0.3) is 31.8 Å². The predicted octanol–water partition coefficient (Wildman–Crippen LogP) is 4.51. The molecular formula is C21H20FN3O3S. The number of ether oxygens (including phenoxy) is 2. The smallest absolute Gasteiger partial charge is 0.232 e. The molecule has 0 saturated carbocycles. The summed E-state index contributed by atoms with van der Waals surface area (Å²) in [5, 5.41) is 10.3. The van der Waals surface area contributed by atoms with Crippen molar-refractivity contribution in [3.8, 4) is 22.2 Å². The van der Waals surface area contributed by atoms with Crippen LogP contribution in [0.5, 0.6) is 11.6 Å². The van der Waals surface area contributed by atoms with Gasteiger partial charge in [-0.25, -0.2) is 19.3 Å². The van der Waals surface area contributed by atoms with Crippen LogP contribution >= 0.6 is 11.3 Å². The van der Waals surface area contributed by atoms with Gasteiger partial charge in [-0.05, 0) is 38.5 Å². The van der Waals surface area contributed by atoms with E-state index < -0.39 is 18.0 Å². The van der Waals surface area contributed by atoms with E-state index in [2.05, 4.69) is 15.0 Å². The van der Waals surface area contributed by atoms with Crippen LogP contribution in [0.15, 0.2) is 30.5 Å². The van der Waals surface area contributed by atoms with Gasteiger partial charge in [0.25, 0.3) is 0 Å². The number of aryl methyl sites for hydroxylation is 1. The molecule has 0 spiro atoms. The SMILES string of the molecule is COc1cnc2c(-c3nc4cc(F)c(O[C@@H](C)[C@@H](C)O)cc4s3)cc(C)cc2n1. The van der Waals surface area contributed by atoms with Crippen LogP contribution in [-0.2, 0) is 0 Å². The Morgan fingerprint density at radius 3 is 2.62 bits per heavy atom. The number of fused-ring (bicyclic) bond motifs is 2. The number of aliphatic hydroxyl groups excluding tert-OH is 1. The highest BCUT2D eigenvalue weighted by Gasteiger charge is 2.18. The first-order valence-corrected chi connectivity index (χ1v) is 9.94. The Balaban J connectivity index is 1.82. The topological polar surface area (TPSA) is 77.4 Å². The van der Waals surface area contributed by atoms with Crippen molar-refractivity contribution in [1.82, 2.24) is 15.0 Å². The van der Waals surface area contributed by atoms with Crippen molar-refractivity contribution < 1.29 is 19.0 Å². The lowest BCUT2D eigenvalue weighted by molar-refractivity contribution is 0.0580. The Kier molecular flexibility index (Phi) is 5.06. The molecule has 2 aromatic heterocycles. The number of benzene rings is 2. The van der Waals surface area contributed by atoms with Crippen LogP contribution in [0.2, 0.25) is 0 Å². The minimum atomic E-state index is -0.712. The summed E-state index contributed by atoms with van der Waals surface area (Å²) in [5.41, 5.74) is 3.79. The number of aliphatic hydroxyl groups is 1. The quantitative estimate of drug-likeness (QED) is 0.519. The highest BCUT2D eigenvalue weighted by molar-refractivity contribution is 7.21. The van der Waals surface area contributed by atoms with Crippen molar-refractivity contribution in [1.29, 1.82) is 0 Å². The fraction of sp³-hybridized carbons (Fsp3) is 0.286. The number of halogens is 1. The van der Waals surface area contributed by atoms with E-state index in [0.29, 0.717) is 27.4 Å². The first kappa shape index (κ1) is 19.5. The predicted molar refractivity (Wildman–Crippen MR) is 111 cm³/mol. The first-order valence-electron chi connectivity index (χ1n) is 9.12. The molecule has 0 saturated heterocycles. The van der Waals surface area contributed by atoms with Gasteiger partial charge in [0, 0.05) is 17.7 Å². The Bertz CT molecular complexity index is 1210. The van der Waals surface area contributed by atoms with Gasteiger partial charge in [-0.15, -0.1) is 11.3 Å². The first-order chi connectivity index (χ1) is 13.9. The van der Waals surface area contributed by atoms with Gasteiger partial charge in [0.05, 0.1) is 40.7 Å². The summed E-state index contributed by atoms with van der Waals surface area (Å²) in [6, 6.07) is 6.90. The van der Waals surface area contributed by atoms with Crippen molar-refractivity contribution in [3.63, 3.8) is 0 Å². The summed E-state index contributed by atoms with van der Waals surface area (Å²) in [5.74, 6) is 0.0228. The Hall–Kier alpha value is -2.84. The molecule has 0 fully saturated rings. The molecule has 0 aliphatic heterocycles. The van der Waals surface area contributed by atoms with Crippen molar-refractivity contribution in [2.75, 3.05) is 7.11 Å². The third kappa shape index (κ3) is 3.73. The maximum Gasteiger partial charge on any atom is 0.232 e. The lowest BCUT2D eigenvalue weighted by Crippen LogP contribution is -2.25. The third-order valence-corrected chi connectivity index (χ3v) is 5.69. The number of hydrogen-bond donors (Lipinski definition) is 1. The molecule has 0 radical (unpaired) electrons. The van der Waals surface area contributed by atoms with E-state index in [9.17, 15) is 9.50 Å². The molecule has 6 nitrogen and oxygen atoms in total. The minimum absolute atomic E-state index is 0.0970. The summed E-state index contributed by atoms with van der Waals surface area (Å²) < 4.78 is 26.0. The molecule has 8 heteroatoms. The van der Waals surface area contributed by atoms with E-state index in [1.54, 1.807) is 33.2 Å². The van der Waals surface area contributed by atoms with Gasteiger partial charge in [0.1, 0.15) is 11.1 Å². The second-order valence-corrected chi connectivity index (χ2v) is 7.96. The van der Waals surface area contributed by atoms with Crippen LogP contribution < -0.4 is 9.47 Å². The molecule has 29 heavy (non-hydrogen) atoms. The minimum Gasteiger partial charge on any atom is -0.485 e. The van der Waals surface area contributed by atoms with Crippen molar-refractivity contribution in [2.24, 2.45) is 0 Å². The van der Waals surface area contributed by atoms with E-state index >= 15 is 0 Å². The number of rotatable bonds is 5. The number of hydrogen-bond acceptors (Lipinski definition) is 7. The average Bonchev–Trinajstić information content (AvgIpc) is 3.09. The normalized spacial score (nSPS) is 13.6. The summed E-state index contributed by atoms with van der Waals surface area (Å²) >= 11 is 1.42. The van der Waals surface area contributed by atoms with Gasteiger partial charge < -0.3 is 14.6 Å². The fourth-order valence-electron chi connectivity index (χ4n) is 2.94. The highest BCUT2D eigenvalue weighted by Crippen LogP contribution is 2.37. The zero-order valence-electron chi connectivity index (χ0n) is 16.4. The molecule has 1 N–H and O–H groups in total. The van der Waals surface area contributed by atoms with Gasteiger partial charge in [-0.1, -0.05) is 0 Å². The standard InChI is InChI=1S/C21H20FN3O3S/c1-10-5-13(20-16(6-10)24-19(27-4)9-23-20)21-25-15-7-14(22)17(8-18(15)29-21)28-12(3)11(2)26/h5-9,11-12,26H,1-4H3/t11-,12+/m1/s1. The molecule has 0 bridgehead atoms. The van der Waals surface area contributed by atoms with Crippen molar-refractivity contribution in [3.05, 3.63) is 41.8 Å². The highest BCUT2D eigenvalue weighted by atomic mass is 32.1. The third-order valence-electron chi connectivity index (χ3n) is 4.64. The zero-order valence-corrected chi connectivity index (χ0v) is 17.2. The van der Waals surface area contributed by atoms with Gasteiger partial charge in [-0.2, -0.15) is 0 Å². The molecule has 0 unspecified atom stereocenters. The Labute approximate surface area is 171 Å². The van der Waals surface area contributed by atoms with Gasteiger partial charge in [0.15, 0.2) is 11.6 Å². The number of thiazole rings is 1. The molecule has 2 heterocycles. The van der Waals surface area contributed by atoms with Crippen molar-refractivity contribution in [2.45, 2.75) is 33.0 Å². The number of methoxy groups -OCH3 is 1. The van der Waals surface area contributed by atoms with Crippen LogP contribution in [0.3, 0.4) is 0 Å². The van der Waals surface area contributed by atoms with Gasteiger partial charge in [0.2, 0.25) is 5.88 Å².